The Kier molecular flexibility index (Phi) is 6.08. The van der Waals surface area contributed by atoms with Crippen molar-refractivity contribution >= 4 is 29.2 Å². The fraction of sp³-hybridized carbons (Fsp3) is 0.524. The van der Waals surface area contributed by atoms with Crippen molar-refractivity contribution in [3.63, 3.8) is 0 Å². The van der Waals surface area contributed by atoms with Gasteiger partial charge in [0.1, 0.15) is 22.5 Å². The van der Waals surface area contributed by atoms with Crippen molar-refractivity contribution in [1.82, 2.24) is 9.80 Å². The molecule has 0 radical (unpaired) electrons. The van der Waals surface area contributed by atoms with E-state index in [1.807, 2.05) is 4.90 Å². The van der Waals surface area contributed by atoms with Crippen LogP contribution >= 0.6 is 11.6 Å². The van der Waals surface area contributed by atoms with Crippen LogP contribution < -0.4 is 0 Å². The topological polar surface area (TPSA) is 59.1 Å². The molecule has 0 saturated carbocycles. The number of nitrogens with zero attached hydrogens (tertiary/aromatic N) is 2. The van der Waals surface area contributed by atoms with Crippen molar-refractivity contribution in [3.05, 3.63) is 40.8 Å². The molecule has 2 aliphatic heterocycles. The molecule has 2 unspecified atom stereocenters. The van der Waals surface area contributed by atoms with Gasteiger partial charge in [-0.05, 0) is 45.4 Å². The van der Waals surface area contributed by atoms with Crippen molar-refractivity contribution in [2.24, 2.45) is 5.92 Å². The average Bonchev–Trinajstić information content (AvgIpc) is 2.92. The summed E-state index contributed by atoms with van der Waals surface area (Å²) in [6, 6.07) is 5.59. The normalized spacial score (nSPS) is 21.9. The van der Waals surface area contributed by atoms with Crippen LogP contribution in [0.1, 0.15) is 33.3 Å². The first-order chi connectivity index (χ1) is 13.6. The standard InChI is InChI=1S/C21H26ClFN2O4/c1-5-28-19(26)17-15-12-24(20(27)29-21(2,3)4)9-10-25(15)18(22)16(17)13-7-6-8-14(23)11-13/h6-8,11,15,17H,5,9-10,12H2,1-4H3. The first kappa shape index (κ1) is 21.4. The molecule has 3 rings (SSSR count). The van der Waals surface area contributed by atoms with Gasteiger partial charge in [0.05, 0.1) is 12.6 Å². The van der Waals surface area contributed by atoms with Crippen LogP contribution in [-0.4, -0.2) is 59.7 Å². The van der Waals surface area contributed by atoms with Crippen LogP contribution in [0.5, 0.6) is 0 Å². The van der Waals surface area contributed by atoms with E-state index in [-0.39, 0.29) is 13.2 Å². The van der Waals surface area contributed by atoms with E-state index >= 15 is 0 Å². The highest BCUT2D eigenvalue weighted by atomic mass is 35.5. The second kappa shape index (κ2) is 8.22. The molecule has 0 spiro atoms. The summed E-state index contributed by atoms with van der Waals surface area (Å²) >= 11 is 6.65. The second-order valence-electron chi connectivity index (χ2n) is 8.13. The molecule has 1 fully saturated rings. The molecular formula is C21H26ClFN2O4. The third kappa shape index (κ3) is 4.50. The van der Waals surface area contributed by atoms with Gasteiger partial charge in [-0.25, -0.2) is 9.18 Å². The Morgan fingerprint density at radius 2 is 2.00 bits per heavy atom. The number of hydrogen-bond donors (Lipinski definition) is 0. The molecule has 158 valence electrons. The van der Waals surface area contributed by atoms with Crippen molar-refractivity contribution < 1.29 is 23.5 Å². The lowest BCUT2D eigenvalue weighted by Crippen LogP contribution is -2.55. The molecular weight excluding hydrogens is 399 g/mol. The van der Waals surface area contributed by atoms with Gasteiger partial charge in [-0.1, -0.05) is 23.7 Å². The molecule has 2 atom stereocenters. The summed E-state index contributed by atoms with van der Waals surface area (Å²) in [5.74, 6) is -1.58. The molecule has 2 aliphatic rings. The van der Waals surface area contributed by atoms with Gasteiger partial charge in [-0.3, -0.25) is 4.79 Å². The molecule has 1 saturated heterocycles. The summed E-state index contributed by atoms with van der Waals surface area (Å²) < 4.78 is 24.6. The third-order valence-electron chi connectivity index (χ3n) is 4.92. The zero-order valence-corrected chi connectivity index (χ0v) is 17.8. The van der Waals surface area contributed by atoms with E-state index in [2.05, 4.69) is 0 Å². The highest BCUT2D eigenvalue weighted by molar-refractivity contribution is 6.33. The van der Waals surface area contributed by atoms with Gasteiger partial charge in [0.25, 0.3) is 0 Å². The lowest BCUT2D eigenvalue weighted by atomic mass is 9.89. The molecule has 1 aromatic carbocycles. The Balaban J connectivity index is 1.93. The van der Waals surface area contributed by atoms with Gasteiger partial charge >= 0.3 is 12.1 Å². The summed E-state index contributed by atoms with van der Waals surface area (Å²) in [5, 5.41) is 0.391. The minimum Gasteiger partial charge on any atom is -0.465 e. The Hall–Kier alpha value is -2.28. The number of carbonyl (C=O) groups excluding carboxylic acids is 2. The molecule has 8 heteroatoms. The van der Waals surface area contributed by atoms with E-state index in [1.165, 1.54) is 12.1 Å². The van der Waals surface area contributed by atoms with E-state index in [0.717, 1.165) is 0 Å². The largest absolute Gasteiger partial charge is 0.465 e. The van der Waals surface area contributed by atoms with Crippen molar-refractivity contribution in [1.29, 1.82) is 0 Å². The molecule has 0 bridgehead atoms. The number of carbonyl (C=O) groups is 2. The van der Waals surface area contributed by atoms with Crippen LogP contribution in [-0.2, 0) is 14.3 Å². The van der Waals surface area contributed by atoms with Crippen LogP contribution in [0.4, 0.5) is 9.18 Å². The van der Waals surface area contributed by atoms with Crippen molar-refractivity contribution in [2.75, 3.05) is 26.2 Å². The average molecular weight is 425 g/mol. The van der Waals surface area contributed by atoms with Gasteiger partial charge in [0, 0.05) is 25.2 Å². The summed E-state index contributed by atoms with van der Waals surface area (Å²) in [5.41, 5.74) is 0.444. The maximum Gasteiger partial charge on any atom is 0.410 e. The second-order valence-corrected chi connectivity index (χ2v) is 8.49. The number of ether oxygens (including phenoxy) is 2. The monoisotopic (exact) mass is 424 g/mol. The van der Waals surface area contributed by atoms with Gasteiger partial charge in [0.2, 0.25) is 0 Å². The van der Waals surface area contributed by atoms with Crippen LogP contribution in [0.3, 0.4) is 0 Å². The fourth-order valence-corrected chi connectivity index (χ4v) is 4.20. The van der Waals surface area contributed by atoms with Gasteiger partial charge < -0.3 is 19.3 Å². The van der Waals surface area contributed by atoms with E-state index < -0.39 is 35.4 Å². The molecule has 2 heterocycles. The van der Waals surface area contributed by atoms with E-state index in [1.54, 1.807) is 44.7 Å². The number of piperazine rings is 1. The highest BCUT2D eigenvalue weighted by Gasteiger charge is 2.48. The summed E-state index contributed by atoms with van der Waals surface area (Å²) in [6.45, 7) is 8.46. The molecule has 0 aliphatic carbocycles. The minimum absolute atomic E-state index is 0.214. The van der Waals surface area contributed by atoms with E-state index in [9.17, 15) is 14.0 Å². The quantitative estimate of drug-likeness (QED) is 0.545. The SMILES string of the molecule is CCOC(=O)C1C(c2cccc(F)c2)=C(Cl)N2CCN(C(=O)OC(C)(C)C)CC12. The first-order valence-electron chi connectivity index (χ1n) is 9.69. The van der Waals surface area contributed by atoms with Crippen LogP contribution in [0, 0.1) is 11.7 Å². The minimum atomic E-state index is -0.727. The maximum atomic E-state index is 13.9. The Labute approximate surface area is 175 Å². The molecule has 6 nitrogen and oxygen atoms in total. The molecule has 1 aromatic rings. The summed E-state index contributed by atoms with van der Waals surface area (Å²) in [4.78, 5) is 28.9. The number of esters is 1. The van der Waals surface area contributed by atoms with Crippen LogP contribution in [0.2, 0.25) is 0 Å². The van der Waals surface area contributed by atoms with Crippen LogP contribution in [0.25, 0.3) is 5.57 Å². The number of benzene rings is 1. The number of hydrogen-bond acceptors (Lipinski definition) is 5. The smallest absolute Gasteiger partial charge is 0.410 e. The lowest BCUT2D eigenvalue weighted by Gasteiger charge is -2.40. The summed E-state index contributed by atoms with van der Waals surface area (Å²) in [6.07, 6.45) is -0.435. The highest BCUT2D eigenvalue weighted by Crippen LogP contribution is 2.44. The predicted molar refractivity (Wildman–Crippen MR) is 108 cm³/mol. The zero-order chi connectivity index (χ0) is 21.3. The third-order valence-corrected chi connectivity index (χ3v) is 5.34. The number of amides is 1. The van der Waals surface area contributed by atoms with Crippen molar-refractivity contribution in [2.45, 2.75) is 39.3 Å². The van der Waals surface area contributed by atoms with Gasteiger partial charge in [-0.2, -0.15) is 0 Å². The molecule has 29 heavy (non-hydrogen) atoms. The number of rotatable bonds is 3. The number of halogens is 2. The lowest BCUT2D eigenvalue weighted by molar-refractivity contribution is -0.147. The molecule has 1 amide bonds. The molecule has 0 aromatic heterocycles. The summed E-state index contributed by atoms with van der Waals surface area (Å²) in [7, 11) is 0. The fourth-order valence-electron chi connectivity index (χ4n) is 3.77. The van der Waals surface area contributed by atoms with E-state index in [4.69, 9.17) is 21.1 Å². The van der Waals surface area contributed by atoms with E-state index in [0.29, 0.717) is 29.4 Å². The van der Waals surface area contributed by atoms with Gasteiger partial charge in [-0.15, -0.1) is 0 Å². The number of fused-ring (bicyclic) bond motifs is 1. The maximum absolute atomic E-state index is 13.9. The van der Waals surface area contributed by atoms with Crippen molar-refractivity contribution in [3.8, 4) is 0 Å². The Bertz CT molecular complexity index is 836. The Morgan fingerprint density at radius 3 is 2.62 bits per heavy atom. The Morgan fingerprint density at radius 1 is 1.28 bits per heavy atom. The predicted octanol–water partition coefficient (Wildman–Crippen LogP) is 3.85. The van der Waals surface area contributed by atoms with Gasteiger partial charge in [0.15, 0.2) is 0 Å². The molecule has 0 N–H and O–H groups in total. The zero-order valence-electron chi connectivity index (χ0n) is 17.1. The first-order valence-corrected chi connectivity index (χ1v) is 10.1. The van der Waals surface area contributed by atoms with Crippen LogP contribution in [0.15, 0.2) is 29.4 Å².